The van der Waals surface area contributed by atoms with Crippen LogP contribution in [0.3, 0.4) is 0 Å². The van der Waals surface area contributed by atoms with Crippen LogP contribution in [0.4, 0.5) is 4.39 Å². The fraction of sp³-hybridized carbons (Fsp3) is 0.241. The van der Waals surface area contributed by atoms with E-state index in [2.05, 4.69) is 61.8 Å². The summed E-state index contributed by atoms with van der Waals surface area (Å²) in [5.74, 6) is 12.4. The highest BCUT2D eigenvalue weighted by molar-refractivity contribution is 5.48. The first-order valence-corrected chi connectivity index (χ1v) is 10.7. The summed E-state index contributed by atoms with van der Waals surface area (Å²) in [6, 6.07) is 21.5. The number of hydrogen-bond donors (Lipinski definition) is 0. The standard InChI is InChI=1S/C29H27F/c1-3-5-6-7-28-21-20-27(22-29(28)30)19-18-26-16-14-25(15-17-26)13-12-24-10-8-23(4-2)9-11-24/h8-11,14-17,20-22H,3-7H2,1-2H3. The predicted molar refractivity (Wildman–Crippen MR) is 124 cm³/mol. The molecule has 0 heterocycles. The molecule has 0 fully saturated rings. The molecule has 0 atom stereocenters. The van der Waals surface area contributed by atoms with Crippen molar-refractivity contribution in [3.8, 4) is 23.7 Å². The summed E-state index contributed by atoms with van der Waals surface area (Å²) in [4.78, 5) is 0. The minimum absolute atomic E-state index is 0.157. The normalized spacial score (nSPS) is 9.97. The molecule has 0 saturated carbocycles. The lowest BCUT2D eigenvalue weighted by atomic mass is 10.0. The summed E-state index contributed by atoms with van der Waals surface area (Å²) in [5, 5.41) is 0. The maximum absolute atomic E-state index is 14.2. The number of unbranched alkanes of at least 4 members (excludes halogenated alkanes) is 2. The van der Waals surface area contributed by atoms with Crippen LogP contribution in [0.1, 0.15) is 66.5 Å². The number of benzene rings is 3. The van der Waals surface area contributed by atoms with E-state index in [9.17, 15) is 4.39 Å². The second-order valence-corrected chi connectivity index (χ2v) is 7.39. The summed E-state index contributed by atoms with van der Waals surface area (Å²) in [6.07, 6.45) is 5.12. The van der Waals surface area contributed by atoms with Crippen molar-refractivity contribution in [1.29, 1.82) is 0 Å². The van der Waals surface area contributed by atoms with Gasteiger partial charge in [-0.15, -0.1) is 0 Å². The van der Waals surface area contributed by atoms with Gasteiger partial charge in [0.15, 0.2) is 0 Å². The molecule has 150 valence electrons. The van der Waals surface area contributed by atoms with E-state index in [1.807, 2.05) is 36.4 Å². The Morgan fingerprint density at radius 1 is 0.633 bits per heavy atom. The lowest BCUT2D eigenvalue weighted by molar-refractivity contribution is 0.598. The lowest BCUT2D eigenvalue weighted by Crippen LogP contribution is -1.92. The van der Waals surface area contributed by atoms with Gasteiger partial charge < -0.3 is 0 Å². The number of halogens is 1. The zero-order valence-corrected chi connectivity index (χ0v) is 17.8. The van der Waals surface area contributed by atoms with E-state index in [4.69, 9.17) is 0 Å². The summed E-state index contributed by atoms with van der Waals surface area (Å²) in [6.45, 7) is 4.30. The van der Waals surface area contributed by atoms with Gasteiger partial charge in [-0.3, -0.25) is 0 Å². The van der Waals surface area contributed by atoms with Crippen molar-refractivity contribution >= 4 is 0 Å². The van der Waals surface area contributed by atoms with Gasteiger partial charge in [0, 0.05) is 22.3 Å². The van der Waals surface area contributed by atoms with Crippen LogP contribution in [0.25, 0.3) is 0 Å². The van der Waals surface area contributed by atoms with Crippen LogP contribution < -0.4 is 0 Å². The monoisotopic (exact) mass is 394 g/mol. The van der Waals surface area contributed by atoms with Crippen molar-refractivity contribution in [3.63, 3.8) is 0 Å². The molecule has 0 unspecified atom stereocenters. The Labute approximate surface area is 180 Å². The van der Waals surface area contributed by atoms with E-state index in [0.717, 1.165) is 54.4 Å². The first-order valence-electron chi connectivity index (χ1n) is 10.7. The molecular weight excluding hydrogens is 367 g/mol. The minimum Gasteiger partial charge on any atom is -0.207 e. The van der Waals surface area contributed by atoms with Crippen molar-refractivity contribution in [1.82, 2.24) is 0 Å². The van der Waals surface area contributed by atoms with Gasteiger partial charge in [0.2, 0.25) is 0 Å². The van der Waals surface area contributed by atoms with Crippen molar-refractivity contribution in [2.45, 2.75) is 46.0 Å². The summed E-state index contributed by atoms with van der Waals surface area (Å²) >= 11 is 0. The van der Waals surface area contributed by atoms with E-state index in [-0.39, 0.29) is 5.82 Å². The highest BCUT2D eigenvalue weighted by Gasteiger charge is 2.02. The molecule has 0 amide bonds. The van der Waals surface area contributed by atoms with Crippen LogP contribution in [-0.4, -0.2) is 0 Å². The molecule has 0 spiro atoms. The van der Waals surface area contributed by atoms with Crippen molar-refractivity contribution in [2.75, 3.05) is 0 Å². The molecule has 0 aliphatic carbocycles. The molecule has 30 heavy (non-hydrogen) atoms. The molecular formula is C29H27F. The Kier molecular flexibility index (Phi) is 7.88. The number of rotatable bonds is 5. The third kappa shape index (κ3) is 6.37. The highest BCUT2D eigenvalue weighted by atomic mass is 19.1. The summed E-state index contributed by atoms with van der Waals surface area (Å²) in [5.41, 5.74) is 5.64. The van der Waals surface area contributed by atoms with Crippen LogP contribution in [0.2, 0.25) is 0 Å². The molecule has 3 rings (SSSR count). The van der Waals surface area contributed by atoms with Gasteiger partial charge >= 0.3 is 0 Å². The van der Waals surface area contributed by atoms with Crippen molar-refractivity contribution in [3.05, 3.63) is 106 Å². The lowest BCUT2D eigenvalue weighted by Gasteiger charge is -2.03. The second kappa shape index (κ2) is 11.0. The molecule has 0 N–H and O–H groups in total. The summed E-state index contributed by atoms with van der Waals surface area (Å²) in [7, 11) is 0. The number of hydrogen-bond acceptors (Lipinski definition) is 0. The highest BCUT2D eigenvalue weighted by Crippen LogP contribution is 2.14. The fourth-order valence-corrected chi connectivity index (χ4v) is 3.14. The first kappa shape index (κ1) is 21.4. The molecule has 0 aromatic heterocycles. The van der Waals surface area contributed by atoms with Crippen LogP contribution in [0.5, 0.6) is 0 Å². The van der Waals surface area contributed by atoms with Crippen LogP contribution in [-0.2, 0) is 12.8 Å². The topological polar surface area (TPSA) is 0 Å². The predicted octanol–water partition coefficient (Wildman–Crippen LogP) is 6.92. The van der Waals surface area contributed by atoms with Crippen molar-refractivity contribution in [2.24, 2.45) is 0 Å². The quantitative estimate of drug-likeness (QED) is 0.325. The smallest absolute Gasteiger partial charge is 0.127 e. The molecule has 0 aliphatic rings. The molecule has 0 aliphatic heterocycles. The maximum Gasteiger partial charge on any atom is 0.127 e. The van der Waals surface area contributed by atoms with Gasteiger partial charge in [-0.1, -0.05) is 68.6 Å². The minimum atomic E-state index is -0.157. The Hall–Kier alpha value is -3.29. The van der Waals surface area contributed by atoms with Gasteiger partial charge in [0.1, 0.15) is 5.82 Å². The zero-order valence-electron chi connectivity index (χ0n) is 17.8. The number of aryl methyl sites for hydroxylation is 2. The fourth-order valence-electron chi connectivity index (χ4n) is 3.14. The average molecular weight is 395 g/mol. The second-order valence-electron chi connectivity index (χ2n) is 7.39. The Balaban J connectivity index is 1.64. The molecule has 0 bridgehead atoms. The molecule has 0 radical (unpaired) electrons. The van der Waals surface area contributed by atoms with Crippen LogP contribution in [0.15, 0.2) is 66.7 Å². The van der Waals surface area contributed by atoms with Gasteiger partial charge in [-0.05, 0) is 78.9 Å². The van der Waals surface area contributed by atoms with E-state index < -0.39 is 0 Å². The van der Waals surface area contributed by atoms with E-state index >= 15 is 0 Å². The van der Waals surface area contributed by atoms with Gasteiger partial charge in [0.25, 0.3) is 0 Å². The zero-order chi connectivity index (χ0) is 21.2. The largest absolute Gasteiger partial charge is 0.207 e. The molecule has 1 heteroatoms. The third-order valence-electron chi connectivity index (χ3n) is 5.05. The van der Waals surface area contributed by atoms with Crippen LogP contribution in [0, 0.1) is 29.5 Å². The Bertz CT molecular complexity index is 1080. The molecule has 0 nitrogen and oxygen atoms in total. The molecule has 3 aromatic carbocycles. The van der Waals surface area contributed by atoms with E-state index in [0.29, 0.717) is 5.56 Å². The summed E-state index contributed by atoms with van der Waals surface area (Å²) < 4.78 is 14.2. The van der Waals surface area contributed by atoms with E-state index in [1.54, 1.807) is 0 Å². The molecule has 0 saturated heterocycles. The third-order valence-corrected chi connectivity index (χ3v) is 5.05. The SMILES string of the molecule is CCCCCc1ccc(C#Cc2ccc(C#Cc3ccc(CC)cc3)cc2)cc1F. The van der Waals surface area contributed by atoms with E-state index in [1.165, 1.54) is 11.6 Å². The van der Waals surface area contributed by atoms with Gasteiger partial charge in [-0.2, -0.15) is 0 Å². The molecule has 3 aromatic rings. The van der Waals surface area contributed by atoms with Gasteiger partial charge in [0.05, 0.1) is 0 Å². The first-order chi connectivity index (χ1) is 14.7. The van der Waals surface area contributed by atoms with Crippen LogP contribution >= 0.6 is 0 Å². The Morgan fingerprint density at radius 3 is 1.63 bits per heavy atom. The van der Waals surface area contributed by atoms with Crippen molar-refractivity contribution < 1.29 is 4.39 Å². The van der Waals surface area contributed by atoms with Gasteiger partial charge in [-0.25, -0.2) is 4.39 Å². The Morgan fingerprint density at radius 2 is 1.13 bits per heavy atom. The maximum atomic E-state index is 14.2. The average Bonchev–Trinajstić information content (AvgIpc) is 2.79.